The van der Waals surface area contributed by atoms with Crippen molar-refractivity contribution in [1.82, 2.24) is 4.57 Å². The first kappa shape index (κ1) is 13.6. The van der Waals surface area contributed by atoms with Crippen LogP contribution in [0.25, 0.3) is 11.3 Å². The molecule has 2 aromatic rings. The molecule has 0 bridgehead atoms. The normalized spacial score (nSPS) is 14.2. The van der Waals surface area contributed by atoms with Gasteiger partial charge in [-0.1, -0.05) is 23.8 Å². The Labute approximate surface area is 123 Å². The van der Waals surface area contributed by atoms with Crippen LogP contribution in [0.1, 0.15) is 35.6 Å². The summed E-state index contributed by atoms with van der Waals surface area (Å²) in [5.41, 5.74) is 10.00. The standard InChI is InChI=1S/C17H19N3O/c1-10-3-6-13(11(2)9-10)15-8-7-14(16(18)19)17(21)20(15)12-4-5-12/h3,6-9,12H,4-5H2,1-2H3,(H3,18,19). The van der Waals surface area contributed by atoms with Gasteiger partial charge in [0.15, 0.2) is 0 Å². The van der Waals surface area contributed by atoms with Crippen LogP contribution in [0.5, 0.6) is 0 Å². The molecule has 1 aromatic heterocycles. The van der Waals surface area contributed by atoms with E-state index in [0.29, 0.717) is 0 Å². The van der Waals surface area contributed by atoms with E-state index in [2.05, 4.69) is 32.0 Å². The number of benzene rings is 1. The Kier molecular flexibility index (Phi) is 3.16. The van der Waals surface area contributed by atoms with Crippen LogP contribution in [0.4, 0.5) is 0 Å². The lowest BCUT2D eigenvalue weighted by Crippen LogP contribution is -2.30. The predicted molar refractivity (Wildman–Crippen MR) is 84.9 cm³/mol. The molecule has 1 fully saturated rings. The quantitative estimate of drug-likeness (QED) is 0.670. The number of nitrogen functional groups attached to an aromatic ring is 1. The van der Waals surface area contributed by atoms with E-state index >= 15 is 0 Å². The molecule has 3 rings (SSSR count). The second kappa shape index (κ2) is 4.88. The van der Waals surface area contributed by atoms with Gasteiger partial charge in [-0.15, -0.1) is 0 Å². The SMILES string of the molecule is Cc1ccc(-c2ccc(C(=N)N)c(=O)n2C2CC2)c(C)c1. The minimum atomic E-state index is -0.165. The molecule has 0 aliphatic heterocycles. The highest BCUT2D eigenvalue weighted by Crippen LogP contribution is 2.37. The summed E-state index contributed by atoms with van der Waals surface area (Å²) >= 11 is 0. The van der Waals surface area contributed by atoms with Crippen molar-refractivity contribution in [3.05, 3.63) is 57.4 Å². The summed E-state index contributed by atoms with van der Waals surface area (Å²) in [6.07, 6.45) is 2.03. The lowest BCUT2D eigenvalue weighted by atomic mass is 10.0. The second-order valence-corrected chi connectivity index (χ2v) is 5.77. The lowest BCUT2D eigenvalue weighted by Gasteiger charge is -2.16. The second-order valence-electron chi connectivity index (χ2n) is 5.77. The van der Waals surface area contributed by atoms with Crippen molar-refractivity contribution in [2.75, 3.05) is 0 Å². The van der Waals surface area contributed by atoms with Crippen LogP contribution < -0.4 is 11.3 Å². The zero-order valence-electron chi connectivity index (χ0n) is 12.3. The number of hydrogen-bond acceptors (Lipinski definition) is 2. The van der Waals surface area contributed by atoms with E-state index in [1.165, 1.54) is 5.56 Å². The molecule has 1 heterocycles. The van der Waals surface area contributed by atoms with Crippen LogP contribution in [-0.2, 0) is 0 Å². The Bertz CT molecular complexity index is 785. The van der Waals surface area contributed by atoms with Crippen molar-refractivity contribution in [2.24, 2.45) is 5.73 Å². The van der Waals surface area contributed by atoms with Gasteiger partial charge in [-0.25, -0.2) is 0 Å². The maximum Gasteiger partial charge on any atom is 0.262 e. The molecule has 0 saturated heterocycles. The highest BCUT2D eigenvalue weighted by atomic mass is 16.1. The average molecular weight is 281 g/mol. The van der Waals surface area contributed by atoms with Crippen molar-refractivity contribution in [1.29, 1.82) is 5.41 Å². The number of nitrogens with zero attached hydrogens (tertiary/aromatic N) is 1. The summed E-state index contributed by atoms with van der Waals surface area (Å²) in [7, 11) is 0. The summed E-state index contributed by atoms with van der Waals surface area (Å²) in [6.45, 7) is 4.12. The number of hydrogen-bond donors (Lipinski definition) is 2. The molecule has 1 saturated carbocycles. The minimum absolute atomic E-state index is 0.150. The van der Waals surface area contributed by atoms with Crippen molar-refractivity contribution in [2.45, 2.75) is 32.7 Å². The maximum atomic E-state index is 12.6. The Balaban J connectivity index is 2.25. The molecule has 21 heavy (non-hydrogen) atoms. The van der Waals surface area contributed by atoms with E-state index in [0.717, 1.165) is 29.7 Å². The molecule has 1 aromatic carbocycles. The minimum Gasteiger partial charge on any atom is -0.384 e. The van der Waals surface area contributed by atoms with Gasteiger partial charge in [0, 0.05) is 11.6 Å². The van der Waals surface area contributed by atoms with E-state index in [1.54, 1.807) is 6.07 Å². The van der Waals surface area contributed by atoms with Crippen LogP contribution >= 0.6 is 0 Å². The molecule has 4 nitrogen and oxygen atoms in total. The zero-order valence-corrected chi connectivity index (χ0v) is 12.3. The molecule has 0 spiro atoms. The van der Waals surface area contributed by atoms with Gasteiger partial charge < -0.3 is 10.3 Å². The van der Waals surface area contributed by atoms with Gasteiger partial charge in [0.05, 0.1) is 11.3 Å². The van der Waals surface area contributed by atoms with Gasteiger partial charge in [0.2, 0.25) is 0 Å². The van der Waals surface area contributed by atoms with E-state index in [1.807, 2.05) is 10.6 Å². The van der Waals surface area contributed by atoms with Crippen molar-refractivity contribution in [3.63, 3.8) is 0 Å². The summed E-state index contributed by atoms with van der Waals surface area (Å²) in [4.78, 5) is 12.6. The predicted octanol–water partition coefficient (Wildman–Crippen LogP) is 2.75. The zero-order chi connectivity index (χ0) is 15.1. The number of aryl methyl sites for hydroxylation is 2. The fourth-order valence-corrected chi connectivity index (χ4v) is 2.77. The Morgan fingerprint density at radius 3 is 2.52 bits per heavy atom. The van der Waals surface area contributed by atoms with Gasteiger partial charge >= 0.3 is 0 Å². The highest BCUT2D eigenvalue weighted by molar-refractivity contribution is 5.94. The topological polar surface area (TPSA) is 71.9 Å². The largest absolute Gasteiger partial charge is 0.384 e. The summed E-state index contributed by atoms with van der Waals surface area (Å²) in [5, 5.41) is 7.54. The molecular weight excluding hydrogens is 262 g/mol. The van der Waals surface area contributed by atoms with Crippen LogP contribution in [0.15, 0.2) is 35.1 Å². The van der Waals surface area contributed by atoms with Crippen molar-refractivity contribution >= 4 is 5.84 Å². The first-order valence-corrected chi connectivity index (χ1v) is 7.16. The molecule has 1 aliphatic rings. The van der Waals surface area contributed by atoms with Gasteiger partial charge in [-0.2, -0.15) is 0 Å². The summed E-state index contributed by atoms with van der Waals surface area (Å²) in [6, 6.07) is 10.1. The van der Waals surface area contributed by atoms with E-state index in [-0.39, 0.29) is 23.0 Å². The smallest absolute Gasteiger partial charge is 0.262 e. The molecule has 3 N–H and O–H groups in total. The molecule has 4 heteroatoms. The van der Waals surface area contributed by atoms with Gasteiger partial charge in [-0.05, 0) is 44.4 Å². The number of amidine groups is 1. The Morgan fingerprint density at radius 1 is 1.24 bits per heavy atom. The molecular formula is C17H19N3O. The molecule has 0 unspecified atom stereocenters. The highest BCUT2D eigenvalue weighted by Gasteiger charge is 2.28. The third-order valence-corrected chi connectivity index (χ3v) is 3.98. The van der Waals surface area contributed by atoms with Crippen LogP contribution in [0.2, 0.25) is 0 Å². The van der Waals surface area contributed by atoms with Crippen molar-refractivity contribution < 1.29 is 0 Å². The first-order valence-electron chi connectivity index (χ1n) is 7.16. The average Bonchev–Trinajstić information content (AvgIpc) is 3.22. The van der Waals surface area contributed by atoms with Crippen LogP contribution in [0.3, 0.4) is 0 Å². The van der Waals surface area contributed by atoms with Gasteiger partial charge in [-0.3, -0.25) is 10.2 Å². The third-order valence-electron chi connectivity index (χ3n) is 3.98. The van der Waals surface area contributed by atoms with Gasteiger partial charge in [0.25, 0.3) is 5.56 Å². The number of rotatable bonds is 3. The molecule has 1 aliphatic carbocycles. The van der Waals surface area contributed by atoms with E-state index in [9.17, 15) is 4.79 Å². The summed E-state index contributed by atoms with van der Waals surface area (Å²) < 4.78 is 1.81. The fraction of sp³-hybridized carbons (Fsp3) is 0.294. The summed E-state index contributed by atoms with van der Waals surface area (Å²) in [5.74, 6) is -0.165. The number of nitrogens with one attached hydrogen (secondary N) is 1. The molecule has 0 amide bonds. The monoisotopic (exact) mass is 281 g/mol. The van der Waals surface area contributed by atoms with Crippen LogP contribution in [-0.4, -0.2) is 10.4 Å². The Hall–Kier alpha value is -2.36. The molecule has 0 atom stereocenters. The lowest BCUT2D eigenvalue weighted by molar-refractivity contribution is 0.713. The number of nitrogens with two attached hydrogens (primary N) is 1. The first-order chi connectivity index (χ1) is 9.99. The third kappa shape index (κ3) is 2.37. The molecule has 0 radical (unpaired) electrons. The maximum absolute atomic E-state index is 12.6. The Morgan fingerprint density at radius 2 is 1.95 bits per heavy atom. The van der Waals surface area contributed by atoms with Crippen molar-refractivity contribution in [3.8, 4) is 11.3 Å². The number of aromatic nitrogens is 1. The fourth-order valence-electron chi connectivity index (χ4n) is 2.77. The van der Waals surface area contributed by atoms with E-state index in [4.69, 9.17) is 11.1 Å². The van der Waals surface area contributed by atoms with E-state index < -0.39 is 0 Å². The van der Waals surface area contributed by atoms with Crippen LogP contribution in [0, 0.1) is 19.3 Å². The molecule has 108 valence electrons. The van der Waals surface area contributed by atoms with Gasteiger partial charge in [0.1, 0.15) is 5.84 Å². The number of pyridine rings is 1.